The molecule has 1 aromatic rings. The number of nitrogens with two attached hydrogens (primary N) is 1. The fourth-order valence-corrected chi connectivity index (χ4v) is 1.23. The summed E-state index contributed by atoms with van der Waals surface area (Å²) in [6.07, 6.45) is 4.02. The smallest absolute Gasteiger partial charge is 0.166 e. The highest BCUT2D eigenvalue weighted by molar-refractivity contribution is 6.30. The molecule has 0 aromatic heterocycles. The van der Waals surface area contributed by atoms with E-state index >= 15 is 0 Å². The second kappa shape index (κ2) is 4.98. The van der Waals surface area contributed by atoms with Gasteiger partial charge in [-0.3, -0.25) is 0 Å². The van der Waals surface area contributed by atoms with Crippen LogP contribution in [0.15, 0.2) is 18.2 Å². The van der Waals surface area contributed by atoms with Crippen molar-refractivity contribution in [2.24, 2.45) is 5.73 Å². The van der Waals surface area contributed by atoms with E-state index in [1.165, 1.54) is 6.07 Å². The zero-order chi connectivity index (χ0) is 10.6. The van der Waals surface area contributed by atoms with Crippen LogP contribution in [0.3, 0.4) is 0 Å². The summed E-state index contributed by atoms with van der Waals surface area (Å²) in [5.74, 6) is -1.10. The molecule has 1 rings (SSSR count). The maximum atomic E-state index is 13.0. The largest absolute Gasteiger partial charge is 0.504 e. The van der Waals surface area contributed by atoms with Gasteiger partial charge >= 0.3 is 0 Å². The van der Waals surface area contributed by atoms with Crippen molar-refractivity contribution < 1.29 is 9.50 Å². The van der Waals surface area contributed by atoms with Gasteiger partial charge in [-0.1, -0.05) is 23.8 Å². The summed E-state index contributed by atoms with van der Waals surface area (Å²) in [5, 5.41) is 9.56. The van der Waals surface area contributed by atoms with Crippen molar-refractivity contribution in [3.05, 3.63) is 34.6 Å². The molecule has 14 heavy (non-hydrogen) atoms. The van der Waals surface area contributed by atoms with E-state index in [1.807, 2.05) is 0 Å². The standard InChI is InChI=1S/C10H11ClFNO/c11-8-5-7(3-1-2-4-13)10(14)9(12)6-8/h1,3,5-6,14H,2,4,13H2. The van der Waals surface area contributed by atoms with Crippen LogP contribution < -0.4 is 5.73 Å². The van der Waals surface area contributed by atoms with Gasteiger partial charge in [0.1, 0.15) is 0 Å². The van der Waals surface area contributed by atoms with Crippen LogP contribution in [-0.2, 0) is 0 Å². The van der Waals surface area contributed by atoms with Crippen LogP contribution in [0.5, 0.6) is 5.75 Å². The fraction of sp³-hybridized carbons (Fsp3) is 0.200. The third kappa shape index (κ3) is 2.72. The van der Waals surface area contributed by atoms with Crippen LogP contribution in [0.4, 0.5) is 4.39 Å². The molecule has 0 aliphatic carbocycles. The van der Waals surface area contributed by atoms with Gasteiger partial charge in [-0.2, -0.15) is 0 Å². The summed E-state index contributed by atoms with van der Waals surface area (Å²) in [7, 11) is 0. The third-order valence-electron chi connectivity index (χ3n) is 1.69. The Morgan fingerprint density at radius 2 is 2.21 bits per heavy atom. The lowest BCUT2D eigenvalue weighted by Gasteiger charge is -2.01. The van der Waals surface area contributed by atoms with E-state index in [1.54, 1.807) is 12.2 Å². The number of hydrogen-bond donors (Lipinski definition) is 2. The molecule has 0 unspecified atom stereocenters. The van der Waals surface area contributed by atoms with Gasteiger partial charge in [0.15, 0.2) is 11.6 Å². The number of halogens is 2. The van der Waals surface area contributed by atoms with Gasteiger partial charge in [-0.15, -0.1) is 0 Å². The van der Waals surface area contributed by atoms with Crippen LogP contribution in [0.25, 0.3) is 6.08 Å². The molecule has 0 aliphatic rings. The highest BCUT2D eigenvalue weighted by Crippen LogP contribution is 2.26. The Hall–Kier alpha value is -1.06. The molecular formula is C10H11ClFNO. The molecule has 0 saturated carbocycles. The monoisotopic (exact) mass is 215 g/mol. The molecule has 0 bridgehead atoms. The molecule has 0 spiro atoms. The van der Waals surface area contributed by atoms with Crippen LogP contribution in [0.2, 0.25) is 5.02 Å². The van der Waals surface area contributed by atoms with E-state index < -0.39 is 5.82 Å². The summed E-state index contributed by atoms with van der Waals surface area (Å²) >= 11 is 5.63. The van der Waals surface area contributed by atoms with Crippen molar-refractivity contribution in [2.75, 3.05) is 6.54 Å². The lowest BCUT2D eigenvalue weighted by molar-refractivity contribution is 0.431. The molecule has 0 radical (unpaired) electrons. The molecule has 3 N–H and O–H groups in total. The van der Waals surface area contributed by atoms with Gasteiger partial charge in [-0.25, -0.2) is 4.39 Å². The predicted octanol–water partition coefficient (Wildman–Crippen LogP) is 2.55. The second-order valence-corrected chi connectivity index (χ2v) is 3.24. The number of aromatic hydroxyl groups is 1. The van der Waals surface area contributed by atoms with E-state index in [9.17, 15) is 9.50 Å². The van der Waals surface area contributed by atoms with Gasteiger partial charge in [0.05, 0.1) is 0 Å². The highest BCUT2D eigenvalue weighted by Gasteiger charge is 2.05. The molecule has 0 amide bonds. The van der Waals surface area contributed by atoms with Crippen LogP contribution >= 0.6 is 11.6 Å². The summed E-state index contributed by atoms with van der Waals surface area (Å²) in [6, 6.07) is 2.56. The maximum Gasteiger partial charge on any atom is 0.166 e. The molecule has 1 aromatic carbocycles. The first-order chi connectivity index (χ1) is 6.65. The number of benzene rings is 1. The Bertz CT molecular complexity index is 352. The maximum absolute atomic E-state index is 13.0. The number of phenolic OH excluding ortho intramolecular Hbond substituents is 1. The van der Waals surface area contributed by atoms with Gasteiger partial charge < -0.3 is 10.8 Å². The number of phenols is 1. The Balaban J connectivity index is 2.96. The van der Waals surface area contributed by atoms with E-state index in [0.717, 1.165) is 6.07 Å². The van der Waals surface area contributed by atoms with Crippen LogP contribution in [-0.4, -0.2) is 11.7 Å². The molecule has 0 aliphatic heterocycles. The topological polar surface area (TPSA) is 46.2 Å². The van der Waals surface area contributed by atoms with Gasteiger partial charge in [-0.05, 0) is 25.1 Å². The van der Waals surface area contributed by atoms with E-state index in [4.69, 9.17) is 17.3 Å². The molecule has 2 nitrogen and oxygen atoms in total. The predicted molar refractivity (Wildman–Crippen MR) is 55.8 cm³/mol. The summed E-state index contributed by atoms with van der Waals surface area (Å²) in [5.41, 5.74) is 5.64. The zero-order valence-electron chi connectivity index (χ0n) is 7.50. The van der Waals surface area contributed by atoms with Crippen molar-refractivity contribution >= 4 is 17.7 Å². The Labute approximate surface area is 86.8 Å². The lowest BCUT2D eigenvalue weighted by atomic mass is 10.1. The Kier molecular flexibility index (Phi) is 3.92. The average molecular weight is 216 g/mol. The summed E-state index contributed by atoms with van der Waals surface area (Å²) in [4.78, 5) is 0. The van der Waals surface area contributed by atoms with E-state index in [0.29, 0.717) is 18.5 Å². The zero-order valence-corrected chi connectivity index (χ0v) is 8.26. The molecule has 0 atom stereocenters. The minimum Gasteiger partial charge on any atom is -0.504 e. The minimum atomic E-state index is -0.718. The van der Waals surface area contributed by atoms with Crippen LogP contribution in [0.1, 0.15) is 12.0 Å². The normalized spacial score (nSPS) is 11.1. The van der Waals surface area contributed by atoms with Crippen molar-refractivity contribution in [1.82, 2.24) is 0 Å². The Morgan fingerprint density at radius 3 is 2.86 bits per heavy atom. The Morgan fingerprint density at radius 1 is 1.50 bits per heavy atom. The second-order valence-electron chi connectivity index (χ2n) is 2.81. The quantitative estimate of drug-likeness (QED) is 0.814. The highest BCUT2D eigenvalue weighted by atomic mass is 35.5. The van der Waals surface area contributed by atoms with Crippen molar-refractivity contribution in [3.8, 4) is 5.75 Å². The van der Waals surface area contributed by atoms with Gasteiger partial charge in [0.25, 0.3) is 0 Å². The fourth-order valence-electron chi connectivity index (χ4n) is 1.02. The minimum absolute atomic E-state index is 0.257. The van der Waals surface area contributed by atoms with Gasteiger partial charge in [0.2, 0.25) is 0 Å². The molecule has 0 saturated heterocycles. The van der Waals surface area contributed by atoms with Crippen molar-refractivity contribution in [3.63, 3.8) is 0 Å². The molecule has 4 heteroatoms. The molecular weight excluding hydrogens is 205 g/mol. The first-order valence-corrected chi connectivity index (χ1v) is 4.57. The SMILES string of the molecule is NCCC=Cc1cc(Cl)cc(F)c1O. The van der Waals surface area contributed by atoms with Crippen molar-refractivity contribution in [1.29, 1.82) is 0 Å². The van der Waals surface area contributed by atoms with Crippen molar-refractivity contribution in [2.45, 2.75) is 6.42 Å². The molecule has 0 fully saturated rings. The third-order valence-corrected chi connectivity index (χ3v) is 1.91. The van der Waals surface area contributed by atoms with Crippen LogP contribution in [0, 0.1) is 5.82 Å². The van der Waals surface area contributed by atoms with E-state index in [2.05, 4.69) is 0 Å². The number of hydrogen-bond acceptors (Lipinski definition) is 2. The molecule has 0 heterocycles. The summed E-state index contributed by atoms with van der Waals surface area (Å²) < 4.78 is 13.0. The first-order valence-electron chi connectivity index (χ1n) is 4.19. The first kappa shape index (κ1) is 11.0. The summed E-state index contributed by atoms with van der Waals surface area (Å²) in [6.45, 7) is 0.514. The van der Waals surface area contributed by atoms with Gasteiger partial charge in [0, 0.05) is 10.6 Å². The number of rotatable bonds is 3. The molecule has 76 valence electrons. The lowest BCUT2D eigenvalue weighted by Crippen LogP contribution is -1.95. The average Bonchev–Trinajstić information content (AvgIpc) is 2.13. The van der Waals surface area contributed by atoms with E-state index in [-0.39, 0.29) is 10.8 Å².